The molecule has 2 aliphatic rings. The lowest BCUT2D eigenvalue weighted by Gasteiger charge is -2.35. The van der Waals surface area contributed by atoms with Crippen molar-refractivity contribution < 1.29 is 23.1 Å². The van der Waals surface area contributed by atoms with Gasteiger partial charge in [0.05, 0.1) is 37.0 Å². The van der Waals surface area contributed by atoms with E-state index < -0.39 is 22.2 Å². The summed E-state index contributed by atoms with van der Waals surface area (Å²) in [5.41, 5.74) is 0. The molecule has 1 saturated heterocycles. The molecule has 7 nitrogen and oxygen atoms in total. The van der Waals surface area contributed by atoms with Crippen molar-refractivity contribution >= 4 is 15.9 Å². The molecule has 1 amide bonds. The van der Waals surface area contributed by atoms with Gasteiger partial charge >= 0.3 is 0 Å². The predicted molar refractivity (Wildman–Crippen MR) is 81.7 cm³/mol. The molecule has 3 N–H and O–H groups in total. The fourth-order valence-corrected chi connectivity index (χ4v) is 3.49. The van der Waals surface area contributed by atoms with Crippen LogP contribution >= 0.6 is 0 Å². The minimum absolute atomic E-state index is 0.00531. The summed E-state index contributed by atoms with van der Waals surface area (Å²) in [4.78, 5) is 11.8. The van der Waals surface area contributed by atoms with Crippen molar-refractivity contribution in [3.8, 4) is 0 Å². The highest BCUT2D eigenvalue weighted by atomic mass is 32.2. The summed E-state index contributed by atoms with van der Waals surface area (Å²) in [7, 11) is -3.33. The topological polar surface area (TPSA) is 105 Å². The fourth-order valence-electron chi connectivity index (χ4n) is 2.59. The van der Waals surface area contributed by atoms with Gasteiger partial charge in [0.25, 0.3) is 0 Å². The number of ether oxygens (including phenoxy) is 1. The summed E-state index contributed by atoms with van der Waals surface area (Å²) < 4.78 is 31.5. The summed E-state index contributed by atoms with van der Waals surface area (Å²) in [6, 6.07) is -0.430. The molecule has 2 fully saturated rings. The second-order valence-corrected chi connectivity index (χ2v) is 8.18. The first-order chi connectivity index (χ1) is 10.4. The van der Waals surface area contributed by atoms with E-state index in [1.54, 1.807) is 6.92 Å². The summed E-state index contributed by atoms with van der Waals surface area (Å²) in [6.07, 6.45) is 2.93. The molecular formula is C14H26N2O5S. The lowest BCUT2D eigenvalue weighted by molar-refractivity contribution is -0.130. The molecule has 0 bridgehead atoms. The van der Waals surface area contributed by atoms with E-state index in [0.29, 0.717) is 18.8 Å². The number of hydrogen-bond acceptors (Lipinski definition) is 5. The molecule has 0 unspecified atom stereocenters. The van der Waals surface area contributed by atoms with Gasteiger partial charge in [-0.25, -0.2) is 13.1 Å². The smallest absolute Gasteiger partial charge is 0.222 e. The van der Waals surface area contributed by atoms with Crippen LogP contribution in [0.5, 0.6) is 0 Å². The zero-order chi connectivity index (χ0) is 16.2. The fraction of sp³-hybridized carbons (Fsp3) is 0.929. The lowest BCUT2D eigenvalue weighted by Crippen LogP contribution is -2.51. The third-order valence-electron chi connectivity index (χ3n) is 4.20. The van der Waals surface area contributed by atoms with Gasteiger partial charge in [-0.3, -0.25) is 4.79 Å². The minimum atomic E-state index is -3.33. The largest absolute Gasteiger partial charge is 0.394 e. The number of nitrogens with one attached hydrogen (secondary N) is 2. The zero-order valence-corrected chi connectivity index (χ0v) is 13.8. The van der Waals surface area contributed by atoms with E-state index >= 15 is 0 Å². The quantitative estimate of drug-likeness (QED) is 0.568. The Morgan fingerprint density at radius 2 is 2.00 bits per heavy atom. The van der Waals surface area contributed by atoms with Crippen molar-refractivity contribution in [1.82, 2.24) is 10.0 Å². The highest BCUT2D eigenvalue weighted by molar-refractivity contribution is 7.89. The summed E-state index contributed by atoms with van der Waals surface area (Å²) in [6.45, 7) is 2.03. The molecule has 0 spiro atoms. The molecule has 22 heavy (non-hydrogen) atoms. The van der Waals surface area contributed by atoms with Crippen molar-refractivity contribution in [3.63, 3.8) is 0 Å². The lowest BCUT2D eigenvalue weighted by atomic mass is 9.98. The summed E-state index contributed by atoms with van der Waals surface area (Å²) in [5.74, 6) is 0.588. The number of aliphatic hydroxyl groups excluding tert-OH is 1. The molecule has 128 valence electrons. The van der Waals surface area contributed by atoms with Crippen LogP contribution in [0.25, 0.3) is 0 Å². The Morgan fingerprint density at radius 1 is 1.27 bits per heavy atom. The van der Waals surface area contributed by atoms with Crippen LogP contribution in [-0.2, 0) is 19.6 Å². The number of rotatable bonds is 8. The molecular weight excluding hydrogens is 308 g/mol. The Balaban J connectivity index is 1.79. The van der Waals surface area contributed by atoms with Gasteiger partial charge < -0.3 is 15.2 Å². The van der Waals surface area contributed by atoms with Crippen LogP contribution in [0.2, 0.25) is 0 Å². The molecule has 8 heteroatoms. The van der Waals surface area contributed by atoms with E-state index in [0.717, 1.165) is 6.54 Å². The van der Waals surface area contributed by atoms with Gasteiger partial charge in [0.15, 0.2) is 0 Å². The van der Waals surface area contributed by atoms with E-state index in [4.69, 9.17) is 4.74 Å². The molecule has 0 aromatic rings. The number of carbonyl (C=O) groups excluding carboxylic acids is 1. The van der Waals surface area contributed by atoms with Gasteiger partial charge in [-0.1, -0.05) is 0 Å². The second-order valence-electron chi connectivity index (χ2n) is 6.14. The maximum atomic E-state index is 11.8. The normalized spacial score (nSPS) is 29.3. The van der Waals surface area contributed by atoms with Crippen molar-refractivity contribution in [2.24, 2.45) is 5.92 Å². The molecule has 2 rings (SSSR count). The molecule has 0 radical (unpaired) electrons. The number of sulfonamides is 1. The Bertz CT molecular complexity index is 478. The van der Waals surface area contributed by atoms with Crippen molar-refractivity contribution in [2.75, 3.05) is 18.9 Å². The first-order valence-electron chi connectivity index (χ1n) is 7.96. The Kier molecular flexibility index (Phi) is 6.19. The summed E-state index contributed by atoms with van der Waals surface area (Å²) >= 11 is 0. The number of hydrogen-bond donors (Lipinski definition) is 3. The van der Waals surface area contributed by atoms with Gasteiger partial charge in [0.2, 0.25) is 15.9 Å². The number of amides is 1. The van der Waals surface area contributed by atoms with E-state index in [2.05, 4.69) is 10.0 Å². The Labute approximate surface area is 131 Å². The van der Waals surface area contributed by atoms with Crippen molar-refractivity contribution in [3.05, 3.63) is 0 Å². The van der Waals surface area contributed by atoms with Crippen molar-refractivity contribution in [2.45, 2.75) is 57.3 Å². The second kappa shape index (κ2) is 7.72. The van der Waals surface area contributed by atoms with Crippen LogP contribution in [0.4, 0.5) is 0 Å². The molecule has 1 saturated carbocycles. The standard InChI is InChI=1S/C14H26N2O5S/c1-2-22(19,20)16-12-6-5-11(21-13(12)9-17)7-14(18)15-8-10-3-4-10/h10-13,16-17H,2-9H2,1H3,(H,15,18)/t11-,12+,13-/m0/s1. The number of aliphatic hydroxyl groups is 1. The highest BCUT2D eigenvalue weighted by Crippen LogP contribution is 2.28. The third-order valence-corrected chi connectivity index (χ3v) is 5.63. The highest BCUT2D eigenvalue weighted by Gasteiger charge is 2.34. The predicted octanol–water partition coefficient (Wildman–Crippen LogP) is -0.249. The molecule has 1 aliphatic heterocycles. The van der Waals surface area contributed by atoms with Crippen LogP contribution < -0.4 is 10.0 Å². The summed E-state index contributed by atoms with van der Waals surface area (Å²) in [5, 5.41) is 12.3. The van der Waals surface area contributed by atoms with Crippen LogP contribution in [0.3, 0.4) is 0 Å². The molecule has 0 aromatic heterocycles. The van der Waals surface area contributed by atoms with Crippen LogP contribution in [0.1, 0.15) is 39.0 Å². The third kappa shape index (κ3) is 5.49. The Morgan fingerprint density at radius 3 is 2.59 bits per heavy atom. The first-order valence-corrected chi connectivity index (χ1v) is 9.61. The zero-order valence-electron chi connectivity index (χ0n) is 13.0. The van der Waals surface area contributed by atoms with E-state index in [9.17, 15) is 18.3 Å². The molecule has 3 atom stereocenters. The van der Waals surface area contributed by atoms with Gasteiger partial charge in [0, 0.05) is 6.54 Å². The van der Waals surface area contributed by atoms with Gasteiger partial charge in [-0.05, 0) is 38.5 Å². The molecule has 1 heterocycles. The maximum Gasteiger partial charge on any atom is 0.222 e. The van der Waals surface area contributed by atoms with E-state index in [-0.39, 0.29) is 30.8 Å². The van der Waals surface area contributed by atoms with Crippen molar-refractivity contribution in [1.29, 1.82) is 0 Å². The van der Waals surface area contributed by atoms with E-state index in [1.807, 2.05) is 0 Å². The van der Waals surface area contributed by atoms with Gasteiger partial charge in [-0.2, -0.15) is 0 Å². The molecule has 1 aliphatic carbocycles. The first kappa shape index (κ1) is 17.7. The molecule has 0 aromatic carbocycles. The maximum absolute atomic E-state index is 11.8. The van der Waals surface area contributed by atoms with Gasteiger partial charge in [0.1, 0.15) is 0 Å². The van der Waals surface area contributed by atoms with E-state index in [1.165, 1.54) is 12.8 Å². The Hall–Kier alpha value is -0.700. The van der Waals surface area contributed by atoms with Crippen LogP contribution in [0, 0.1) is 5.92 Å². The monoisotopic (exact) mass is 334 g/mol. The number of carbonyl (C=O) groups is 1. The van der Waals surface area contributed by atoms with Crippen LogP contribution in [-0.4, -0.2) is 56.6 Å². The minimum Gasteiger partial charge on any atom is -0.394 e. The van der Waals surface area contributed by atoms with Gasteiger partial charge in [-0.15, -0.1) is 0 Å². The SMILES string of the molecule is CCS(=O)(=O)N[C@@H]1CC[C@@H](CC(=O)NCC2CC2)O[C@H]1CO. The average Bonchev–Trinajstić information content (AvgIpc) is 3.30. The van der Waals surface area contributed by atoms with Crippen LogP contribution in [0.15, 0.2) is 0 Å². The average molecular weight is 334 g/mol.